The second-order valence-electron chi connectivity index (χ2n) is 8.61. The molecule has 3 aliphatic rings. The molecule has 31 heavy (non-hydrogen) atoms. The van der Waals surface area contributed by atoms with Crippen LogP contribution in [0.2, 0.25) is 0 Å². The Balaban J connectivity index is 1.35. The van der Waals surface area contributed by atoms with Crippen LogP contribution in [0.4, 0.5) is 11.6 Å². The van der Waals surface area contributed by atoms with Gasteiger partial charge in [-0.1, -0.05) is 12.1 Å². The van der Waals surface area contributed by atoms with Crippen molar-refractivity contribution >= 4 is 23.1 Å². The summed E-state index contributed by atoms with van der Waals surface area (Å²) in [6, 6.07) is 10.0. The van der Waals surface area contributed by atoms with Crippen LogP contribution in [0.3, 0.4) is 0 Å². The monoisotopic (exact) mass is 420 g/mol. The Bertz CT molecular complexity index is 1050. The predicted octanol–water partition coefficient (Wildman–Crippen LogP) is 1.98. The molecule has 5 rings (SSSR count). The maximum absolute atomic E-state index is 11.9. The summed E-state index contributed by atoms with van der Waals surface area (Å²) in [6.45, 7) is 6.27. The second-order valence-corrected chi connectivity index (χ2v) is 8.61. The standard InChI is InChI=1S/C23H28N6O2/c1-14-20(15(2)29-12-11-24-21-23(14,29)31-21)18-9-10-25-22(27-18)26-17-7-5-16(6-8-17)13-19(30)28(3)4/h5-10,15,21,24H,11-13H2,1-4H3,(H,25,26,27). The van der Waals surface area contributed by atoms with Gasteiger partial charge in [-0.2, -0.15) is 0 Å². The van der Waals surface area contributed by atoms with Gasteiger partial charge in [0.05, 0.1) is 12.1 Å². The van der Waals surface area contributed by atoms with Gasteiger partial charge in [-0.15, -0.1) is 0 Å². The van der Waals surface area contributed by atoms with Crippen LogP contribution in [0.1, 0.15) is 25.1 Å². The lowest BCUT2D eigenvalue weighted by atomic mass is 10.0. The van der Waals surface area contributed by atoms with E-state index in [0.29, 0.717) is 12.4 Å². The van der Waals surface area contributed by atoms with Crippen molar-refractivity contribution in [1.82, 2.24) is 25.1 Å². The van der Waals surface area contributed by atoms with Crippen LogP contribution >= 0.6 is 0 Å². The number of carbonyl (C=O) groups is 1. The highest BCUT2D eigenvalue weighted by Crippen LogP contribution is 2.55. The summed E-state index contributed by atoms with van der Waals surface area (Å²) in [6.07, 6.45) is 2.26. The SMILES string of the molecule is CC1=C(c2ccnc(Nc3ccc(CC(=O)N(C)C)cc3)n2)C(C)N2CCNC3OC132. The van der Waals surface area contributed by atoms with Gasteiger partial charge >= 0.3 is 0 Å². The average molecular weight is 421 g/mol. The molecule has 0 bridgehead atoms. The summed E-state index contributed by atoms with van der Waals surface area (Å²) >= 11 is 0. The number of aromatic nitrogens is 2. The van der Waals surface area contributed by atoms with E-state index in [9.17, 15) is 4.79 Å². The molecule has 0 radical (unpaired) electrons. The molecule has 3 atom stereocenters. The molecule has 0 saturated carbocycles. The average Bonchev–Trinajstić information content (AvgIpc) is 3.47. The molecular weight excluding hydrogens is 392 g/mol. The number of rotatable bonds is 5. The van der Waals surface area contributed by atoms with Gasteiger partial charge in [0, 0.05) is 45.1 Å². The van der Waals surface area contributed by atoms with Crippen LogP contribution in [0.25, 0.3) is 5.57 Å². The molecule has 4 heterocycles. The van der Waals surface area contributed by atoms with Crippen molar-refractivity contribution in [2.45, 2.75) is 38.3 Å². The van der Waals surface area contributed by atoms with Gasteiger partial charge in [0.15, 0.2) is 12.0 Å². The number of anilines is 2. The van der Waals surface area contributed by atoms with E-state index in [1.54, 1.807) is 25.2 Å². The summed E-state index contributed by atoms with van der Waals surface area (Å²) < 4.78 is 6.07. The lowest BCUT2D eigenvalue weighted by molar-refractivity contribution is -0.127. The number of carbonyl (C=O) groups excluding carboxylic acids is 1. The number of piperazine rings is 1. The number of ether oxygens (including phenoxy) is 1. The van der Waals surface area contributed by atoms with Crippen molar-refractivity contribution in [2.75, 3.05) is 32.5 Å². The van der Waals surface area contributed by atoms with Gasteiger partial charge in [-0.25, -0.2) is 9.97 Å². The Morgan fingerprint density at radius 3 is 2.81 bits per heavy atom. The number of nitrogens with zero attached hydrogens (tertiary/aromatic N) is 4. The third-order valence-electron chi connectivity index (χ3n) is 6.53. The summed E-state index contributed by atoms with van der Waals surface area (Å²) in [5.74, 6) is 0.634. The van der Waals surface area contributed by atoms with Gasteiger partial charge < -0.3 is 15.0 Å². The Morgan fingerprint density at radius 2 is 2.10 bits per heavy atom. The molecule has 2 aromatic rings. The van der Waals surface area contributed by atoms with E-state index in [1.165, 1.54) is 11.1 Å². The van der Waals surface area contributed by atoms with Crippen LogP contribution < -0.4 is 10.6 Å². The van der Waals surface area contributed by atoms with Crippen molar-refractivity contribution < 1.29 is 9.53 Å². The molecular formula is C23H28N6O2. The summed E-state index contributed by atoms with van der Waals surface area (Å²) in [4.78, 5) is 25.1. The molecule has 2 saturated heterocycles. The molecule has 3 unspecified atom stereocenters. The van der Waals surface area contributed by atoms with Crippen molar-refractivity contribution in [3.63, 3.8) is 0 Å². The number of epoxide rings is 1. The van der Waals surface area contributed by atoms with Gasteiger partial charge in [-0.3, -0.25) is 15.0 Å². The molecule has 8 heteroatoms. The first-order valence-corrected chi connectivity index (χ1v) is 10.7. The van der Waals surface area contributed by atoms with Crippen LogP contribution in [-0.2, 0) is 16.0 Å². The first-order chi connectivity index (χ1) is 14.9. The predicted molar refractivity (Wildman–Crippen MR) is 119 cm³/mol. The fraction of sp³-hybridized carbons (Fsp3) is 0.435. The first kappa shape index (κ1) is 20.1. The fourth-order valence-corrected chi connectivity index (χ4v) is 4.81. The fourth-order valence-electron chi connectivity index (χ4n) is 4.81. The molecule has 8 nitrogen and oxygen atoms in total. The van der Waals surface area contributed by atoms with Crippen LogP contribution in [0.5, 0.6) is 0 Å². The van der Waals surface area contributed by atoms with E-state index in [0.717, 1.165) is 30.0 Å². The molecule has 2 fully saturated rings. The summed E-state index contributed by atoms with van der Waals surface area (Å²) in [7, 11) is 3.53. The number of likely N-dealkylation sites (N-methyl/N-ethyl adjacent to an activating group) is 1. The van der Waals surface area contributed by atoms with E-state index in [1.807, 2.05) is 30.3 Å². The number of nitrogens with one attached hydrogen (secondary N) is 2. The third-order valence-corrected chi connectivity index (χ3v) is 6.53. The minimum atomic E-state index is -0.300. The number of benzene rings is 1. The van der Waals surface area contributed by atoms with Gasteiger partial charge in [0.1, 0.15) is 0 Å². The summed E-state index contributed by atoms with van der Waals surface area (Å²) in [5, 5.41) is 6.73. The Morgan fingerprint density at radius 1 is 1.32 bits per heavy atom. The zero-order valence-electron chi connectivity index (χ0n) is 18.3. The molecule has 1 spiro atoms. The number of hydrogen-bond donors (Lipinski definition) is 2. The van der Waals surface area contributed by atoms with Crippen molar-refractivity contribution in [1.29, 1.82) is 0 Å². The highest BCUT2D eigenvalue weighted by Gasteiger charge is 2.68. The van der Waals surface area contributed by atoms with Gasteiger partial charge in [0.25, 0.3) is 0 Å². The first-order valence-electron chi connectivity index (χ1n) is 10.7. The maximum Gasteiger partial charge on any atom is 0.227 e. The van der Waals surface area contributed by atoms with Gasteiger partial charge in [-0.05, 0) is 48.8 Å². The minimum absolute atomic E-state index is 0.0820. The topological polar surface area (TPSA) is 85.9 Å². The van der Waals surface area contributed by atoms with Crippen molar-refractivity contribution in [2.24, 2.45) is 0 Å². The second kappa shape index (κ2) is 7.40. The molecule has 1 aromatic carbocycles. The smallest absolute Gasteiger partial charge is 0.227 e. The van der Waals surface area contributed by atoms with E-state index in [-0.39, 0.29) is 23.9 Å². The van der Waals surface area contributed by atoms with E-state index < -0.39 is 0 Å². The van der Waals surface area contributed by atoms with Crippen LogP contribution in [0, 0.1) is 0 Å². The van der Waals surface area contributed by atoms with Gasteiger partial charge in [0.2, 0.25) is 11.9 Å². The Hall–Kier alpha value is -2.81. The van der Waals surface area contributed by atoms with Crippen LogP contribution in [-0.4, -0.2) is 70.9 Å². The quantitative estimate of drug-likeness (QED) is 0.716. The number of hydrogen-bond acceptors (Lipinski definition) is 7. The Labute approximate surface area is 182 Å². The molecule has 162 valence electrons. The largest absolute Gasteiger partial charge is 0.349 e. The lowest BCUT2D eigenvalue weighted by Gasteiger charge is -2.31. The normalized spacial score (nSPS) is 27.0. The summed E-state index contributed by atoms with van der Waals surface area (Å²) in [5.41, 5.74) is 4.93. The molecule has 2 N–H and O–H groups in total. The van der Waals surface area contributed by atoms with E-state index in [2.05, 4.69) is 34.4 Å². The molecule has 1 amide bonds. The molecule has 1 aromatic heterocycles. The van der Waals surface area contributed by atoms with E-state index in [4.69, 9.17) is 9.72 Å². The molecule has 3 aliphatic heterocycles. The third kappa shape index (κ3) is 3.31. The highest BCUT2D eigenvalue weighted by molar-refractivity contribution is 5.78. The maximum atomic E-state index is 11.9. The number of amides is 1. The lowest BCUT2D eigenvalue weighted by Crippen LogP contribution is -2.51. The van der Waals surface area contributed by atoms with E-state index >= 15 is 0 Å². The Kier molecular flexibility index (Phi) is 4.80. The highest BCUT2D eigenvalue weighted by atomic mass is 16.7. The van der Waals surface area contributed by atoms with Crippen molar-refractivity contribution in [3.8, 4) is 0 Å². The van der Waals surface area contributed by atoms with Crippen LogP contribution in [0.15, 0.2) is 42.1 Å². The zero-order chi connectivity index (χ0) is 21.8. The zero-order valence-corrected chi connectivity index (χ0v) is 18.3. The van der Waals surface area contributed by atoms with Crippen molar-refractivity contribution in [3.05, 3.63) is 53.4 Å². The minimum Gasteiger partial charge on any atom is -0.349 e. The molecule has 0 aliphatic carbocycles.